The summed E-state index contributed by atoms with van der Waals surface area (Å²) in [5.41, 5.74) is 6.55. The molecule has 0 spiro atoms. The first kappa shape index (κ1) is 25.4. The van der Waals surface area contributed by atoms with Gasteiger partial charge in [0, 0.05) is 30.1 Å². The van der Waals surface area contributed by atoms with Gasteiger partial charge in [-0.05, 0) is 67.1 Å². The second kappa shape index (κ2) is 12.3. The maximum Gasteiger partial charge on any atom is 0.412 e. The Bertz CT molecular complexity index is 1140. The highest BCUT2D eigenvalue weighted by atomic mass is 35.5. The van der Waals surface area contributed by atoms with Crippen molar-refractivity contribution in [2.75, 3.05) is 25.5 Å². The van der Waals surface area contributed by atoms with E-state index in [1.165, 1.54) is 12.1 Å². The van der Waals surface area contributed by atoms with Gasteiger partial charge in [0.25, 0.3) is 0 Å². The quantitative estimate of drug-likeness (QED) is 0.430. The maximum atomic E-state index is 13.5. The molecule has 1 aromatic heterocycles. The number of nitrogens with zero attached hydrogens (tertiary/aromatic N) is 2. The minimum atomic E-state index is -0.710. The first-order valence-corrected chi connectivity index (χ1v) is 11.4. The van der Waals surface area contributed by atoms with Crippen molar-refractivity contribution in [1.82, 2.24) is 9.88 Å². The summed E-state index contributed by atoms with van der Waals surface area (Å²) < 4.78 is 18.8. The molecule has 0 aliphatic rings. The number of hydrogen-bond donors (Lipinski definition) is 2. The molecule has 3 aromatic rings. The van der Waals surface area contributed by atoms with Crippen LogP contribution in [0.5, 0.6) is 0 Å². The van der Waals surface area contributed by atoms with Crippen molar-refractivity contribution >= 4 is 40.2 Å². The van der Waals surface area contributed by atoms with Gasteiger partial charge in [-0.25, -0.2) is 14.2 Å². The molecule has 0 saturated heterocycles. The van der Waals surface area contributed by atoms with Crippen molar-refractivity contribution in [1.29, 1.82) is 0 Å². The first-order chi connectivity index (χ1) is 16.4. The number of ether oxygens (including phenoxy) is 1. The van der Waals surface area contributed by atoms with Gasteiger partial charge >= 0.3 is 6.09 Å². The van der Waals surface area contributed by atoms with E-state index < -0.39 is 6.09 Å². The second-order valence-electron chi connectivity index (χ2n) is 7.97. The Hall–Kier alpha value is -3.23. The van der Waals surface area contributed by atoms with Crippen LogP contribution < -0.4 is 11.1 Å². The zero-order chi connectivity index (χ0) is 24.5. The highest BCUT2D eigenvalue weighted by Crippen LogP contribution is 2.19. The van der Waals surface area contributed by atoms with E-state index >= 15 is 0 Å². The van der Waals surface area contributed by atoms with Gasteiger partial charge in [-0.1, -0.05) is 29.8 Å². The third-order valence-electron chi connectivity index (χ3n) is 5.57. The minimum Gasteiger partial charge on any atom is -0.447 e. The van der Waals surface area contributed by atoms with E-state index in [0.29, 0.717) is 36.2 Å². The summed E-state index contributed by atoms with van der Waals surface area (Å²) in [6.45, 7) is 0.463. The smallest absolute Gasteiger partial charge is 0.412 e. The van der Waals surface area contributed by atoms with E-state index in [4.69, 9.17) is 22.1 Å². The van der Waals surface area contributed by atoms with Crippen LogP contribution in [0.15, 0.2) is 54.7 Å². The number of carbonyl (C=O) groups excluding carboxylic acids is 2. The van der Waals surface area contributed by atoms with E-state index in [9.17, 15) is 14.0 Å². The summed E-state index contributed by atoms with van der Waals surface area (Å²) in [6, 6.07) is 13.0. The summed E-state index contributed by atoms with van der Waals surface area (Å²) in [6.07, 6.45) is 2.89. The number of likely N-dealkylation sites (N-methyl/N-ethyl adjacent to an activating group) is 1. The number of halogens is 2. The molecule has 7 nitrogen and oxygen atoms in total. The van der Waals surface area contributed by atoms with E-state index in [0.717, 1.165) is 10.9 Å². The van der Waals surface area contributed by atoms with Crippen molar-refractivity contribution in [2.45, 2.75) is 31.7 Å². The number of rotatable bonds is 10. The Balaban J connectivity index is 1.56. The van der Waals surface area contributed by atoms with E-state index in [1.807, 2.05) is 18.2 Å². The minimum absolute atomic E-state index is 0.00236. The van der Waals surface area contributed by atoms with Gasteiger partial charge in [0.05, 0.1) is 6.04 Å². The number of fused-ring (bicyclic) bond motifs is 1. The maximum absolute atomic E-state index is 13.5. The van der Waals surface area contributed by atoms with E-state index in [1.54, 1.807) is 36.3 Å². The Kier molecular flexibility index (Phi) is 9.18. The molecule has 0 saturated carbocycles. The zero-order valence-electron chi connectivity index (χ0n) is 19.0. The molecule has 180 valence electrons. The molecular formula is C25H28ClFN4O3. The molecule has 34 heavy (non-hydrogen) atoms. The van der Waals surface area contributed by atoms with E-state index in [2.05, 4.69) is 10.3 Å². The summed E-state index contributed by atoms with van der Waals surface area (Å²) in [7, 11) is 1.69. The van der Waals surface area contributed by atoms with Gasteiger partial charge < -0.3 is 15.4 Å². The number of anilines is 1. The normalized spacial score (nSPS) is 11.8. The van der Waals surface area contributed by atoms with Gasteiger partial charge in [-0.15, -0.1) is 0 Å². The van der Waals surface area contributed by atoms with Crippen LogP contribution in [0, 0.1) is 5.82 Å². The SMILES string of the molecule is CN(C(=O)CCc1ccccc1Cl)[C@@H](CCCN)COC(=O)Nc1cc2cc(F)ccc2cn1. The molecule has 9 heteroatoms. The van der Waals surface area contributed by atoms with Crippen LogP contribution in [0.3, 0.4) is 0 Å². The monoisotopic (exact) mass is 486 g/mol. The highest BCUT2D eigenvalue weighted by Gasteiger charge is 2.21. The molecule has 2 amide bonds. The molecule has 2 aromatic carbocycles. The van der Waals surface area contributed by atoms with Crippen LogP contribution in [0.2, 0.25) is 5.02 Å². The summed E-state index contributed by atoms with van der Waals surface area (Å²) >= 11 is 6.18. The lowest BCUT2D eigenvalue weighted by Crippen LogP contribution is -2.41. The number of amides is 2. The van der Waals surface area contributed by atoms with Crippen LogP contribution in [0.25, 0.3) is 10.8 Å². The summed E-state index contributed by atoms with van der Waals surface area (Å²) in [5.74, 6) is -0.216. The second-order valence-corrected chi connectivity index (χ2v) is 8.37. The predicted octanol–water partition coefficient (Wildman–Crippen LogP) is 4.77. The number of carbonyl (C=O) groups is 2. The van der Waals surface area contributed by atoms with Crippen LogP contribution >= 0.6 is 11.6 Å². The fourth-order valence-corrected chi connectivity index (χ4v) is 3.79. The van der Waals surface area contributed by atoms with Crippen molar-refractivity contribution in [2.24, 2.45) is 5.73 Å². The Morgan fingerprint density at radius 2 is 2.00 bits per heavy atom. The van der Waals surface area contributed by atoms with Crippen LogP contribution in [-0.4, -0.2) is 48.1 Å². The Labute approximate surface area is 203 Å². The number of nitrogens with one attached hydrogen (secondary N) is 1. The van der Waals surface area contributed by atoms with Crippen LogP contribution in [0.4, 0.5) is 15.0 Å². The molecule has 1 heterocycles. The van der Waals surface area contributed by atoms with Crippen LogP contribution in [0.1, 0.15) is 24.8 Å². The number of pyridine rings is 1. The molecule has 0 unspecified atom stereocenters. The third-order valence-corrected chi connectivity index (χ3v) is 5.94. The van der Waals surface area contributed by atoms with Gasteiger partial charge in [0.2, 0.25) is 5.91 Å². The van der Waals surface area contributed by atoms with Crippen molar-refractivity contribution in [3.05, 3.63) is 71.1 Å². The lowest BCUT2D eigenvalue weighted by Gasteiger charge is -2.28. The topological polar surface area (TPSA) is 97.5 Å². The summed E-state index contributed by atoms with van der Waals surface area (Å²) in [5, 5.41) is 4.53. The van der Waals surface area contributed by atoms with E-state index in [-0.39, 0.29) is 36.6 Å². The number of benzene rings is 2. The van der Waals surface area contributed by atoms with Gasteiger partial charge in [0.1, 0.15) is 18.2 Å². The molecule has 0 bridgehead atoms. The van der Waals surface area contributed by atoms with Crippen LogP contribution in [-0.2, 0) is 16.0 Å². The lowest BCUT2D eigenvalue weighted by atomic mass is 10.1. The largest absolute Gasteiger partial charge is 0.447 e. The molecule has 3 N–H and O–H groups in total. The number of hydrogen-bond acceptors (Lipinski definition) is 5. The lowest BCUT2D eigenvalue weighted by molar-refractivity contribution is -0.132. The van der Waals surface area contributed by atoms with Crippen molar-refractivity contribution < 1.29 is 18.7 Å². The zero-order valence-corrected chi connectivity index (χ0v) is 19.7. The average Bonchev–Trinajstić information content (AvgIpc) is 2.82. The molecular weight excluding hydrogens is 459 g/mol. The van der Waals surface area contributed by atoms with Crippen molar-refractivity contribution in [3.8, 4) is 0 Å². The molecule has 0 radical (unpaired) electrons. The third kappa shape index (κ3) is 7.13. The molecule has 3 rings (SSSR count). The first-order valence-electron chi connectivity index (χ1n) is 11.1. The number of aryl methyl sites for hydroxylation is 1. The van der Waals surface area contributed by atoms with Gasteiger partial charge in [-0.3, -0.25) is 10.1 Å². The standard InChI is InChI=1S/C25H28ClFN4O3/c1-31(24(32)11-9-17-5-2-3-7-22(17)26)21(6-4-12-28)16-34-25(33)30-23-14-19-13-20(27)10-8-18(19)15-29-23/h2-3,5,7-8,10,13-15,21H,4,6,9,11-12,16,28H2,1H3,(H,29,30,33)/t21-/m0/s1. The summed E-state index contributed by atoms with van der Waals surface area (Å²) in [4.78, 5) is 30.9. The molecule has 1 atom stereocenters. The fraction of sp³-hybridized carbons (Fsp3) is 0.320. The van der Waals surface area contributed by atoms with Crippen molar-refractivity contribution in [3.63, 3.8) is 0 Å². The van der Waals surface area contributed by atoms with Gasteiger partial charge in [-0.2, -0.15) is 0 Å². The molecule has 0 aliphatic heterocycles. The highest BCUT2D eigenvalue weighted by molar-refractivity contribution is 6.31. The average molecular weight is 487 g/mol. The number of aromatic nitrogens is 1. The Morgan fingerprint density at radius 3 is 2.76 bits per heavy atom. The fourth-order valence-electron chi connectivity index (χ4n) is 3.56. The van der Waals surface area contributed by atoms with Gasteiger partial charge in [0.15, 0.2) is 0 Å². The molecule has 0 aliphatic carbocycles. The molecule has 0 fully saturated rings. The predicted molar refractivity (Wildman–Crippen MR) is 131 cm³/mol. The number of nitrogens with two attached hydrogens (primary N) is 1. The Morgan fingerprint density at radius 1 is 1.21 bits per heavy atom.